The molecule has 0 atom stereocenters. The maximum Gasteiger partial charge on any atom is 0.272 e. The lowest BCUT2D eigenvalue weighted by molar-refractivity contribution is -0.113. The highest BCUT2D eigenvalue weighted by Crippen LogP contribution is 2.28. The van der Waals surface area contributed by atoms with Crippen LogP contribution in [-0.4, -0.2) is 55.0 Å². The van der Waals surface area contributed by atoms with Gasteiger partial charge in [0.05, 0.1) is 25.3 Å². The summed E-state index contributed by atoms with van der Waals surface area (Å²) in [5.74, 6) is -0.0811. The summed E-state index contributed by atoms with van der Waals surface area (Å²) >= 11 is 1.45. The van der Waals surface area contributed by atoms with Gasteiger partial charge in [-0.15, -0.1) is 11.8 Å². The number of rotatable bonds is 11. The van der Waals surface area contributed by atoms with Gasteiger partial charge in [0.2, 0.25) is 0 Å². The van der Waals surface area contributed by atoms with Crippen molar-refractivity contribution in [2.75, 3.05) is 31.8 Å². The van der Waals surface area contributed by atoms with Crippen LogP contribution in [0.2, 0.25) is 0 Å². The lowest BCUT2D eigenvalue weighted by atomic mass is 10.1. The van der Waals surface area contributed by atoms with Crippen LogP contribution in [0.1, 0.15) is 36.6 Å². The molecule has 0 spiro atoms. The number of hydrogen-bond acceptors (Lipinski definition) is 7. The zero-order valence-electron chi connectivity index (χ0n) is 24.0. The van der Waals surface area contributed by atoms with Crippen LogP contribution in [0.5, 0.6) is 11.5 Å². The molecular formula is C34H29N3O6S. The number of fused-ring (bicyclic) bond motifs is 1. The number of hydrogen-bond donors (Lipinski definition) is 2. The van der Waals surface area contributed by atoms with Crippen molar-refractivity contribution in [1.82, 2.24) is 10.2 Å². The van der Waals surface area contributed by atoms with Crippen LogP contribution in [0.15, 0.2) is 108 Å². The predicted molar refractivity (Wildman–Crippen MR) is 169 cm³/mol. The smallest absolute Gasteiger partial charge is 0.272 e. The Kier molecular flexibility index (Phi) is 9.41. The van der Waals surface area contributed by atoms with Crippen molar-refractivity contribution in [1.29, 1.82) is 0 Å². The highest BCUT2D eigenvalue weighted by Gasteiger charge is 2.34. The van der Waals surface area contributed by atoms with Crippen LogP contribution in [0, 0.1) is 0 Å². The standard InChI is InChI=1S/C34H29N3O6S/c1-42-25-15-16-30(43-2)23(19-25)20-29(36-31(38)22-9-4-3-5-10-22)32(39)35-24-11-8-12-26(21-24)44-18-17-37-33(40)27-13-6-7-14-28(27)34(37)41/h3-16,19-21H,17-18H2,1-2H3,(H,35,39)(H,36,38)/b29-20+. The molecule has 1 aliphatic heterocycles. The molecule has 1 heterocycles. The molecule has 0 saturated carbocycles. The van der Waals surface area contributed by atoms with E-state index < -0.39 is 11.8 Å². The second kappa shape index (κ2) is 13.7. The van der Waals surface area contributed by atoms with Crippen LogP contribution in [0.25, 0.3) is 6.08 Å². The van der Waals surface area contributed by atoms with Crippen molar-refractivity contribution >= 4 is 47.2 Å². The molecule has 0 aliphatic carbocycles. The molecule has 5 rings (SSSR count). The largest absolute Gasteiger partial charge is 0.497 e. The summed E-state index contributed by atoms with van der Waals surface area (Å²) in [4.78, 5) is 54.0. The highest BCUT2D eigenvalue weighted by atomic mass is 32.2. The first-order valence-corrected chi connectivity index (χ1v) is 14.7. The molecule has 1 aliphatic rings. The normalized spacial score (nSPS) is 12.5. The first-order valence-electron chi connectivity index (χ1n) is 13.7. The number of benzene rings is 4. The predicted octanol–water partition coefficient (Wildman–Crippen LogP) is 5.50. The number of amides is 4. The molecule has 10 heteroatoms. The quantitative estimate of drug-likeness (QED) is 0.131. The first kappa shape index (κ1) is 30.1. The minimum Gasteiger partial charge on any atom is -0.497 e. The second-order valence-electron chi connectivity index (χ2n) is 9.62. The minimum atomic E-state index is -0.549. The molecule has 0 saturated heterocycles. The average molecular weight is 608 g/mol. The fourth-order valence-corrected chi connectivity index (χ4v) is 5.50. The molecule has 0 unspecified atom stereocenters. The third kappa shape index (κ3) is 6.82. The van der Waals surface area contributed by atoms with Gasteiger partial charge in [0.15, 0.2) is 0 Å². The van der Waals surface area contributed by atoms with Gasteiger partial charge < -0.3 is 20.1 Å². The number of thioether (sulfide) groups is 1. The van der Waals surface area contributed by atoms with Crippen LogP contribution in [0.3, 0.4) is 0 Å². The summed E-state index contributed by atoms with van der Waals surface area (Å²) < 4.78 is 10.8. The molecule has 0 radical (unpaired) electrons. The number of nitrogens with zero attached hydrogens (tertiary/aromatic N) is 1. The van der Waals surface area contributed by atoms with Gasteiger partial charge in [-0.2, -0.15) is 0 Å². The molecule has 0 fully saturated rings. The van der Waals surface area contributed by atoms with E-state index in [1.807, 2.05) is 6.07 Å². The third-order valence-electron chi connectivity index (χ3n) is 6.82. The summed E-state index contributed by atoms with van der Waals surface area (Å²) in [6.07, 6.45) is 1.53. The van der Waals surface area contributed by atoms with Crippen molar-refractivity contribution in [2.45, 2.75) is 4.90 Å². The SMILES string of the molecule is COc1ccc(OC)c(/C=C(/NC(=O)c2ccccc2)C(=O)Nc2cccc(SCCN3C(=O)c4ccccc4C3=O)c2)c1. The maximum atomic E-state index is 13.6. The molecule has 4 aromatic carbocycles. The zero-order valence-corrected chi connectivity index (χ0v) is 24.9. The molecule has 44 heavy (non-hydrogen) atoms. The third-order valence-corrected chi connectivity index (χ3v) is 7.79. The number of ether oxygens (including phenoxy) is 2. The monoisotopic (exact) mass is 607 g/mol. The number of carbonyl (C=O) groups excluding carboxylic acids is 4. The van der Waals surface area contributed by atoms with Crippen molar-refractivity contribution in [3.63, 3.8) is 0 Å². The fourth-order valence-electron chi connectivity index (χ4n) is 4.61. The molecule has 222 valence electrons. The van der Waals surface area contributed by atoms with E-state index in [1.165, 1.54) is 37.0 Å². The maximum absolute atomic E-state index is 13.6. The number of carbonyl (C=O) groups is 4. The summed E-state index contributed by atoms with van der Waals surface area (Å²) in [5, 5.41) is 5.58. The summed E-state index contributed by atoms with van der Waals surface area (Å²) in [5.41, 5.74) is 2.25. The lowest BCUT2D eigenvalue weighted by Gasteiger charge is -2.14. The Labute approximate surface area is 258 Å². The van der Waals surface area contributed by atoms with E-state index in [0.717, 1.165) is 4.90 Å². The number of imide groups is 1. The first-order chi connectivity index (χ1) is 21.4. The summed E-state index contributed by atoms with van der Waals surface area (Å²) in [7, 11) is 3.05. The fraction of sp³-hybridized carbons (Fsp3) is 0.118. The van der Waals surface area contributed by atoms with Crippen molar-refractivity contribution in [2.24, 2.45) is 0 Å². The van der Waals surface area contributed by atoms with Crippen molar-refractivity contribution < 1.29 is 28.7 Å². The van der Waals surface area contributed by atoms with E-state index in [2.05, 4.69) is 10.6 Å². The Hall–Kier alpha value is -5.35. The van der Waals surface area contributed by atoms with E-state index in [-0.39, 0.29) is 24.1 Å². The summed E-state index contributed by atoms with van der Waals surface area (Å²) in [6.45, 7) is 0.244. The molecule has 2 N–H and O–H groups in total. The number of nitrogens with one attached hydrogen (secondary N) is 2. The second-order valence-corrected chi connectivity index (χ2v) is 10.8. The van der Waals surface area contributed by atoms with E-state index in [9.17, 15) is 19.2 Å². The van der Waals surface area contributed by atoms with Gasteiger partial charge in [0, 0.05) is 34.0 Å². The minimum absolute atomic E-state index is 0.00548. The average Bonchev–Trinajstić information content (AvgIpc) is 3.29. The van der Waals surface area contributed by atoms with Gasteiger partial charge in [0.1, 0.15) is 17.2 Å². The number of methoxy groups -OCH3 is 2. The molecule has 9 nitrogen and oxygen atoms in total. The van der Waals surface area contributed by atoms with Gasteiger partial charge >= 0.3 is 0 Å². The molecule has 4 aromatic rings. The van der Waals surface area contributed by atoms with E-state index >= 15 is 0 Å². The Morgan fingerprint density at radius 3 is 2.20 bits per heavy atom. The van der Waals surface area contributed by atoms with Crippen molar-refractivity contribution in [3.8, 4) is 11.5 Å². The van der Waals surface area contributed by atoms with Gasteiger partial charge in [0.25, 0.3) is 23.6 Å². The molecular weight excluding hydrogens is 578 g/mol. The molecule has 0 aromatic heterocycles. The Morgan fingerprint density at radius 1 is 0.818 bits per heavy atom. The van der Waals surface area contributed by atoms with Crippen LogP contribution in [-0.2, 0) is 4.79 Å². The van der Waals surface area contributed by atoms with E-state index in [0.29, 0.717) is 45.2 Å². The number of anilines is 1. The lowest BCUT2D eigenvalue weighted by Crippen LogP contribution is -2.31. The van der Waals surface area contributed by atoms with Gasteiger partial charge in [-0.25, -0.2) is 0 Å². The van der Waals surface area contributed by atoms with E-state index in [4.69, 9.17) is 9.47 Å². The van der Waals surface area contributed by atoms with Crippen molar-refractivity contribution in [3.05, 3.63) is 125 Å². The van der Waals surface area contributed by atoms with Crippen LogP contribution < -0.4 is 20.1 Å². The highest BCUT2D eigenvalue weighted by molar-refractivity contribution is 7.99. The summed E-state index contributed by atoms with van der Waals surface area (Å²) in [6, 6.07) is 27.7. The Bertz CT molecular complexity index is 1720. The van der Waals surface area contributed by atoms with Gasteiger partial charge in [-0.3, -0.25) is 24.1 Å². The molecule has 0 bridgehead atoms. The molecule has 4 amide bonds. The van der Waals surface area contributed by atoms with Gasteiger partial charge in [-0.1, -0.05) is 36.4 Å². The Balaban J connectivity index is 1.31. The van der Waals surface area contributed by atoms with Crippen LogP contribution in [0.4, 0.5) is 5.69 Å². The Morgan fingerprint density at radius 2 is 1.52 bits per heavy atom. The zero-order chi connectivity index (χ0) is 31.1. The topological polar surface area (TPSA) is 114 Å². The van der Waals surface area contributed by atoms with Gasteiger partial charge in [-0.05, 0) is 66.7 Å². The van der Waals surface area contributed by atoms with Crippen LogP contribution >= 0.6 is 11.8 Å². The van der Waals surface area contributed by atoms with E-state index in [1.54, 1.807) is 91.0 Å².